The van der Waals surface area contributed by atoms with Gasteiger partial charge in [0.15, 0.2) is 6.10 Å². The summed E-state index contributed by atoms with van der Waals surface area (Å²) in [7, 11) is 0. The number of ether oxygens (including phenoxy) is 1. The molecule has 2 aromatic rings. The second-order valence-electron chi connectivity index (χ2n) is 4.81. The summed E-state index contributed by atoms with van der Waals surface area (Å²) in [6.07, 6.45) is -0.844. The Kier molecular flexibility index (Phi) is 5.13. The topological polar surface area (TPSA) is 38.3 Å². The fourth-order valence-corrected chi connectivity index (χ4v) is 2.36. The summed E-state index contributed by atoms with van der Waals surface area (Å²) >= 11 is 3.35. The van der Waals surface area contributed by atoms with Crippen molar-refractivity contribution >= 4 is 27.5 Å². The average molecular weight is 370 g/mol. The van der Waals surface area contributed by atoms with Gasteiger partial charge in [0, 0.05) is 6.07 Å². The number of rotatable bonds is 4. The Morgan fingerprint density at radius 1 is 1.23 bits per heavy atom. The number of anilines is 1. The molecule has 1 atom stereocenters. The molecule has 6 heteroatoms. The molecule has 0 aliphatic carbocycles. The second-order valence-corrected chi connectivity index (χ2v) is 5.66. The Hall–Kier alpha value is -1.95. The van der Waals surface area contributed by atoms with E-state index in [1.807, 2.05) is 19.1 Å². The molecule has 2 rings (SSSR count). The summed E-state index contributed by atoms with van der Waals surface area (Å²) in [6, 6.07) is 8.39. The van der Waals surface area contributed by atoms with Crippen LogP contribution in [0.4, 0.5) is 14.5 Å². The van der Waals surface area contributed by atoms with Crippen LogP contribution in [0.3, 0.4) is 0 Å². The molecular weight excluding hydrogens is 356 g/mol. The molecule has 0 unspecified atom stereocenters. The van der Waals surface area contributed by atoms with Gasteiger partial charge in [0.05, 0.1) is 10.2 Å². The van der Waals surface area contributed by atoms with Gasteiger partial charge < -0.3 is 10.1 Å². The lowest BCUT2D eigenvalue weighted by Crippen LogP contribution is -2.30. The maximum absolute atomic E-state index is 13.5. The number of aryl methyl sites for hydroxylation is 1. The summed E-state index contributed by atoms with van der Waals surface area (Å²) < 4.78 is 32.6. The lowest BCUT2D eigenvalue weighted by atomic mass is 10.2. The van der Waals surface area contributed by atoms with E-state index >= 15 is 0 Å². The van der Waals surface area contributed by atoms with Crippen molar-refractivity contribution in [1.29, 1.82) is 0 Å². The van der Waals surface area contributed by atoms with Crippen LogP contribution >= 0.6 is 15.9 Å². The minimum absolute atomic E-state index is 0.0928. The first kappa shape index (κ1) is 16.4. The maximum Gasteiger partial charge on any atom is 0.265 e. The van der Waals surface area contributed by atoms with Crippen LogP contribution in [0.5, 0.6) is 5.75 Å². The van der Waals surface area contributed by atoms with Gasteiger partial charge in [-0.25, -0.2) is 8.78 Å². The normalized spacial score (nSPS) is 11.9. The first-order valence-electron chi connectivity index (χ1n) is 6.55. The number of halogens is 3. The first-order chi connectivity index (χ1) is 10.4. The van der Waals surface area contributed by atoms with Crippen molar-refractivity contribution in [2.75, 3.05) is 5.32 Å². The smallest absolute Gasteiger partial charge is 0.265 e. The Morgan fingerprint density at radius 3 is 2.59 bits per heavy atom. The van der Waals surface area contributed by atoms with Crippen LogP contribution in [0.25, 0.3) is 0 Å². The molecule has 3 nitrogen and oxygen atoms in total. The molecule has 116 valence electrons. The van der Waals surface area contributed by atoms with Crippen molar-refractivity contribution in [2.45, 2.75) is 20.0 Å². The van der Waals surface area contributed by atoms with Crippen molar-refractivity contribution in [1.82, 2.24) is 0 Å². The number of nitrogens with one attached hydrogen (secondary N) is 1. The summed E-state index contributed by atoms with van der Waals surface area (Å²) in [6.45, 7) is 3.48. The zero-order chi connectivity index (χ0) is 16.3. The Bertz CT molecular complexity index is 707. The van der Waals surface area contributed by atoms with Gasteiger partial charge in [-0.05, 0) is 59.6 Å². The SMILES string of the molecule is Cc1ccc(O[C@@H](C)C(=O)Nc2ccc(F)cc2F)c(Br)c1. The van der Waals surface area contributed by atoms with E-state index in [4.69, 9.17) is 4.74 Å². The lowest BCUT2D eigenvalue weighted by Gasteiger charge is -2.16. The van der Waals surface area contributed by atoms with Crippen LogP contribution in [0.2, 0.25) is 0 Å². The molecule has 0 heterocycles. The van der Waals surface area contributed by atoms with E-state index in [1.165, 1.54) is 0 Å². The highest BCUT2D eigenvalue weighted by molar-refractivity contribution is 9.10. The Balaban J connectivity index is 2.05. The molecule has 0 radical (unpaired) electrons. The highest BCUT2D eigenvalue weighted by Crippen LogP contribution is 2.27. The molecule has 0 aliphatic rings. The zero-order valence-corrected chi connectivity index (χ0v) is 13.6. The molecule has 0 fully saturated rings. The van der Waals surface area contributed by atoms with Crippen molar-refractivity contribution in [3.63, 3.8) is 0 Å². The molecule has 0 bridgehead atoms. The lowest BCUT2D eigenvalue weighted by molar-refractivity contribution is -0.122. The van der Waals surface area contributed by atoms with E-state index in [-0.39, 0.29) is 5.69 Å². The summed E-state index contributed by atoms with van der Waals surface area (Å²) in [5.41, 5.74) is 0.953. The minimum Gasteiger partial charge on any atom is -0.480 e. The Morgan fingerprint density at radius 2 is 1.95 bits per heavy atom. The molecule has 1 N–H and O–H groups in total. The van der Waals surface area contributed by atoms with Crippen molar-refractivity contribution in [2.24, 2.45) is 0 Å². The number of amides is 1. The molecule has 0 saturated heterocycles. The van der Waals surface area contributed by atoms with Gasteiger partial charge in [0.25, 0.3) is 5.91 Å². The first-order valence-corrected chi connectivity index (χ1v) is 7.35. The van der Waals surface area contributed by atoms with E-state index in [0.29, 0.717) is 11.8 Å². The predicted octanol–water partition coefficient (Wildman–Crippen LogP) is 4.44. The Labute approximate surface area is 135 Å². The third-order valence-electron chi connectivity index (χ3n) is 2.95. The molecule has 0 saturated carbocycles. The van der Waals surface area contributed by atoms with Crippen LogP contribution in [0.1, 0.15) is 12.5 Å². The third kappa shape index (κ3) is 4.04. The van der Waals surface area contributed by atoms with E-state index in [2.05, 4.69) is 21.2 Å². The summed E-state index contributed by atoms with van der Waals surface area (Å²) in [5.74, 6) is -1.56. The summed E-state index contributed by atoms with van der Waals surface area (Å²) in [5, 5.41) is 2.37. The van der Waals surface area contributed by atoms with E-state index in [0.717, 1.165) is 22.2 Å². The number of hydrogen-bond donors (Lipinski definition) is 1. The monoisotopic (exact) mass is 369 g/mol. The molecule has 1 amide bonds. The number of carbonyl (C=O) groups is 1. The predicted molar refractivity (Wildman–Crippen MR) is 84.0 cm³/mol. The minimum atomic E-state index is -0.844. The maximum atomic E-state index is 13.5. The number of benzene rings is 2. The zero-order valence-electron chi connectivity index (χ0n) is 12.0. The number of hydrogen-bond acceptors (Lipinski definition) is 2. The average Bonchev–Trinajstić information content (AvgIpc) is 2.44. The van der Waals surface area contributed by atoms with Crippen LogP contribution in [0, 0.1) is 18.6 Å². The highest BCUT2D eigenvalue weighted by Gasteiger charge is 2.17. The van der Waals surface area contributed by atoms with Gasteiger partial charge in [-0.2, -0.15) is 0 Å². The number of carbonyl (C=O) groups excluding carboxylic acids is 1. The van der Waals surface area contributed by atoms with Crippen LogP contribution < -0.4 is 10.1 Å². The van der Waals surface area contributed by atoms with Crippen LogP contribution in [-0.2, 0) is 4.79 Å². The van der Waals surface area contributed by atoms with Gasteiger partial charge in [0.1, 0.15) is 17.4 Å². The van der Waals surface area contributed by atoms with Crippen molar-refractivity contribution in [3.05, 3.63) is 58.1 Å². The summed E-state index contributed by atoms with van der Waals surface area (Å²) in [4.78, 5) is 12.0. The molecule has 0 aromatic heterocycles. The van der Waals surface area contributed by atoms with Gasteiger partial charge in [0.2, 0.25) is 0 Å². The van der Waals surface area contributed by atoms with E-state index in [1.54, 1.807) is 13.0 Å². The van der Waals surface area contributed by atoms with Gasteiger partial charge in [-0.1, -0.05) is 6.07 Å². The largest absolute Gasteiger partial charge is 0.480 e. The quantitative estimate of drug-likeness (QED) is 0.864. The van der Waals surface area contributed by atoms with Gasteiger partial charge >= 0.3 is 0 Å². The van der Waals surface area contributed by atoms with E-state index < -0.39 is 23.6 Å². The molecule has 0 aliphatic heterocycles. The van der Waals surface area contributed by atoms with Crippen LogP contribution in [-0.4, -0.2) is 12.0 Å². The van der Waals surface area contributed by atoms with E-state index in [9.17, 15) is 13.6 Å². The standard InChI is InChI=1S/C16H14BrF2NO2/c1-9-3-6-15(12(17)7-9)22-10(2)16(21)20-14-5-4-11(18)8-13(14)19/h3-8,10H,1-2H3,(H,20,21)/t10-/m0/s1. The van der Waals surface area contributed by atoms with Crippen LogP contribution in [0.15, 0.2) is 40.9 Å². The second kappa shape index (κ2) is 6.87. The van der Waals surface area contributed by atoms with Gasteiger partial charge in [-0.3, -0.25) is 4.79 Å². The van der Waals surface area contributed by atoms with Crippen molar-refractivity contribution in [3.8, 4) is 5.75 Å². The molecular formula is C16H14BrF2NO2. The van der Waals surface area contributed by atoms with Gasteiger partial charge in [-0.15, -0.1) is 0 Å². The molecule has 22 heavy (non-hydrogen) atoms. The fraction of sp³-hybridized carbons (Fsp3) is 0.188. The van der Waals surface area contributed by atoms with Crippen molar-refractivity contribution < 1.29 is 18.3 Å². The fourth-order valence-electron chi connectivity index (χ4n) is 1.77. The molecule has 2 aromatic carbocycles. The molecule has 0 spiro atoms. The third-order valence-corrected chi connectivity index (χ3v) is 3.57. The highest BCUT2D eigenvalue weighted by atomic mass is 79.9.